The predicted molar refractivity (Wildman–Crippen MR) is 103 cm³/mol. The maximum Gasteiger partial charge on any atom is 0.325 e. The van der Waals surface area contributed by atoms with Crippen LogP contribution < -0.4 is 4.90 Å². The average Bonchev–Trinajstić information content (AvgIpc) is 2.97. The standard InChI is InChI=1S/C22H23N3O/c26-22(24-13-3-5-17-4-1-2-6-21(17)24)25-19-7-8-20(25)15-18(14-19)16-9-11-23-12-10-16/h1-2,4,6,9-12,14,19-20H,3,5,7-8,13,15H2. The molecule has 3 aliphatic rings. The van der Waals surface area contributed by atoms with E-state index in [0.29, 0.717) is 6.04 Å². The van der Waals surface area contributed by atoms with Gasteiger partial charge in [-0.1, -0.05) is 24.3 Å². The molecule has 0 N–H and O–H groups in total. The van der Waals surface area contributed by atoms with Crippen molar-refractivity contribution in [3.05, 3.63) is 66.0 Å². The molecule has 1 fully saturated rings. The van der Waals surface area contributed by atoms with Crippen molar-refractivity contribution in [2.24, 2.45) is 0 Å². The maximum atomic E-state index is 13.4. The Bertz CT molecular complexity index is 861. The molecular formula is C22H23N3O. The van der Waals surface area contributed by atoms with Gasteiger partial charge < -0.3 is 4.90 Å². The van der Waals surface area contributed by atoms with E-state index in [2.05, 4.69) is 46.3 Å². The third-order valence-electron chi connectivity index (χ3n) is 6.01. The number of carbonyl (C=O) groups is 1. The molecule has 2 amide bonds. The molecule has 2 atom stereocenters. The summed E-state index contributed by atoms with van der Waals surface area (Å²) >= 11 is 0. The van der Waals surface area contributed by atoms with E-state index in [9.17, 15) is 4.79 Å². The summed E-state index contributed by atoms with van der Waals surface area (Å²) in [7, 11) is 0. The molecule has 2 bridgehead atoms. The molecule has 4 heteroatoms. The van der Waals surface area contributed by atoms with Crippen molar-refractivity contribution in [3.63, 3.8) is 0 Å². The summed E-state index contributed by atoms with van der Waals surface area (Å²) in [6, 6.07) is 13.2. The van der Waals surface area contributed by atoms with E-state index in [-0.39, 0.29) is 12.1 Å². The van der Waals surface area contributed by atoms with Crippen LogP contribution >= 0.6 is 0 Å². The quantitative estimate of drug-likeness (QED) is 0.774. The lowest BCUT2D eigenvalue weighted by molar-refractivity contribution is 0.186. The van der Waals surface area contributed by atoms with Crippen LogP contribution in [0, 0.1) is 0 Å². The zero-order valence-corrected chi connectivity index (χ0v) is 14.8. The largest absolute Gasteiger partial charge is 0.325 e. The van der Waals surface area contributed by atoms with Gasteiger partial charge in [-0.3, -0.25) is 9.88 Å². The number of benzene rings is 1. The van der Waals surface area contributed by atoms with Gasteiger partial charge >= 0.3 is 6.03 Å². The first-order valence-corrected chi connectivity index (χ1v) is 9.60. The monoisotopic (exact) mass is 345 g/mol. The van der Waals surface area contributed by atoms with Gasteiger partial charge in [-0.05, 0) is 67.0 Å². The van der Waals surface area contributed by atoms with E-state index >= 15 is 0 Å². The Morgan fingerprint density at radius 3 is 2.77 bits per heavy atom. The highest BCUT2D eigenvalue weighted by Gasteiger charge is 2.42. The molecule has 0 radical (unpaired) electrons. The van der Waals surface area contributed by atoms with E-state index in [1.165, 1.54) is 16.7 Å². The lowest BCUT2D eigenvalue weighted by Crippen LogP contribution is -2.51. The number of fused-ring (bicyclic) bond motifs is 3. The van der Waals surface area contributed by atoms with Crippen LogP contribution in [-0.4, -0.2) is 34.5 Å². The van der Waals surface area contributed by atoms with E-state index in [1.807, 2.05) is 23.4 Å². The van der Waals surface area contributed by atoms with Gasteiger partial charge in [0.25, 0.3) is 0 Å². The molecule has 1 saturated heterocycles. The van der Waals surface area contributed by atoms with Crippen molar-refractivity contribution in [2.45, 2.75) is 44.2 Å². The number of pyridine rings is 1. The van der Waals surface area contributed by atoms with Crippen LogP contribution in [-0.2, 0) is 6.42 Å². The summed E-state index contributed by atoms with van der Waals surface area (Å²) in [5, 5.41) is 0. The Balaban J connectivity index is 1.44. The number of urea groups is 1. The smallest absolute Gasteiger partial charge is 0.315 e. The van der Waals surface area contributed by atoms with Crippen LogP contribution in [0.15, 0.2) is 54.9 Å². The van der Waals surface area contributed by atoms with E-state index in [0.717, 1.165) is 44.3 Å². The van der Waals surface area contributed by atoms with Gasteiger partial charge in [-0.2, -0.15) is 0 Å². The summed E-state index contributed by atoms with van der Waals surface area (Å²) in [5.41, 5.74) is 5.01. The Hall–Kier alpha value is -2.62. The van der Waals surface area contributed by atoms with Crippen LogP contribution in [0.3, 0.4) is 0 Å². The van der Waals surface area contributed by atoms with Crippen LogP contribution in [0.1, 0.15) is 36.8 Å². The minimum atomic E-state index is 0.190. The van der Waals surface area contributed by atoms with Gasteiger partial charge in [-0.15, -0.1) is 0 Å². The number of para-hydroxylation sites is 1. The van der Waals surface area contributed by atoms with Gasteiger partial charge in [0.1, 0.15) is 0 Å². The number of hydrogen-bond donors (Lipinski definition) is 0. The summed E-state index contributed by atoms with van der Waals surface area (Å²) in [5.74, 6) is 0. The van der Waals surface area contributed by atoms with Crippen LogP contribution in [0.5, 0.6) is 0 Å². The Morgan fingerprint density at radius 1 is 1.08 bits per heavy atom. The molecule has 0 saturated carbocycles. The van der Waals surface area contributed by atoms with Crippen molar-refractivity contribution in [1.29, 1.82) is 0 Å². The van der Waals surface area contributed by atoms with Gasteiger partial charge in [0, 0.05) is 30.7 Å². The number of aryl methyl sites for hydroxylation is 1. The third-order valence-corrected chi connectivity index (χ3v) is 6.01. The Kier molecular flexibility index (Phi) is 3.77. The predicted octanol–water partition coefficient (Wildman–Crippen LogP) is 4.27. The second-order valence-electron chi connectivity index (χ2n) is 7.50. The highest BCUT2D eigenvalue weighted by Crippen LogP contribution is 2.40. The van der Waals surface area contributed by atoms with Crippen LogP contribution in [0.25, 0.3) is 5.57 Å². The minimum Gasteiger partial charge on any atom is -0.315 e. The van der Waals surface area contributed by atoms with Crippen LogP contribution in [0.2, 0.25) is 0 Å². The Morgan fingerprint density at radius 2 is 1.92 bits per heavy atom. The molecule has 0 aliphatic carbocycles. The fraction of sp³-hybridized carbons (Fsp3) is 0.364. The van der Waals surface area contributed by atoms with E-state index in [1.54, 1.807) is 0 Å². The molecule has 1 aromatic carbocycles. The number of nitrogens with zero attached hydrogens (tertiary/aromatic N) is 3. The lowest BCUT2D eigenvalue weighted by Gasteiger charge is -2.39. The number of carbonyl (C=O) groups excluding carboxylic acids is 1. The molecule has 2 unspecified atom stereocenters. The summed E-state index contributed by atoms with van der Waals surface area (Å²) in [4.78, 5) is 21.7. The van der Waals surface area contributed by atoms with Crippen molar-refractivity contribution in [1.82, 2.24) is 9.88 Å². The minimum absolute atomic E-state index is 0.190. The molecule has 2 aromatic rings. The molecule has 0 spiro atoms. The SMILES string of the molecule is O=C(N1CCCc2ccccc21)N1C2C=C(c3ccncc3)CC1CC2. The van der Waals surface area contributed by atoms with Crippen LogP contribution in [0.4, 0.5) is 10.5 Å². The number of rotatable bonds is 1. The van der Waals surface area contributed by atoms with Crippen molar-refractivity contribution in [3.8, 4) is 0 Å². The summed E-state index contributed by atoms with van der Waals surface area (Å²) in [6.45, 7) is 0.826. The molecule has 3 aliphatic heterocycles. The first-order valence-electron chi connectivity index (χ1n) is 9.60. The van der Waals surface area contributed by atoms with Crippen molar-refractivity contribution in [2.75, 3.05) is 11.4 Å². The van der Waals surface area contributed by atoms with Gasteiger partial charge in [0.15, 0.2) is 0 Å². The number of anilines is 1. The molecule has 4 nitrogen and oxygen atoms in total. The normalized spacial score (nSPS) is 24.2. The second kappa shape index (κ2) is 6.27. The van der Waals surface area contributed by atoms with Gasteiger partial charge in [0.05, 0.1) is 6.04 Å². The first-order chi connectivity index (χ1) is 12.8. The lowest BCUT2D eigenvalue weighted by atomic mass is 9.95. The highest BCUT2D eigenvalue weighted by molar-refractivity contribution is 5.94. The average molecular weight is 345 g/mol. The molecule has 26 heavy (non-hydrogen) atoms. The third kappa shape index (κ3) is 2.52. The molecule has 1 aromatic heterocycles. The van der Waals surface area contributed by atoms with Gasteiger partial charge in [0.2, 0.25) is 0 Å². The topological polar surface area (TPSA) is 36.4 Å². The maximum absolute atomic E-state index is 13.4. The van der Waals surface area contributed by atoms with E-state index in [4.69, 9.17) is 0 Å². The number of hydrogen-bond acceptors (Lipinski definition) is 2. The number of amides is 2. The second-order valence-corrected chi connectivity index (χ2v) is 7.50. The molecule has 132 valence electrons. The zero-order chi connectivity index (χ0) is 17.5. The fourth-order valence-electron chi connectivity index (χ4n) is 4.78. The highest BCUT2D eigenvalue weighted by atomic mass is 16.2. The van der Waals surface area contributed by atoms with Gasteiger partial charge in [-0.25, -0.2) is 4.79 Å². The number of aromatic nitrogens is 1. The molecule has 5 rings (SSSR count). The Labute approximate surface area is 154 Å². The molecule has 4 heterocycles. The first kappa shape index (κ1) is 15.6. The summed E-state index contributed by atoms with van der Waals surface area (Å²) < 4.78 is 0. The van der Waals surface area contributed by atoms with E-state index < -0.39 is 0 Å². The summed E-state index contributed by atoms with van der Waals surface area (Å²) in [6.07, 6.45) is 11.2. The molecular weight excluding hydrogens is 322 g/mol. The van der Waals surface area contributed by atoms with Crippen molar-refractivity contribution < 1.29 is 4.79 Å². The van der Waals surface area contributed by atoms with Crippen molar-refractivity contribution >= 4 is 17.3 Å². The fourth-order valence-corrected chi connectivity index (χ4v) is 4.78. The zero-order valence-electron chi connectivity index (χ0n) is 14.8.